The maximum Gasteiger partial charge on any atom is 0.124 e. The fourth-order valence-electron chi connectivity index (χ4n) is 0.934. The fourth-order valence-corrected chi connectivity index (χ4v) is 1.60. The molecule has 0 amide bonds. The van der Waals surface area contributed by atoms with Crippen LogP contribution in [0.15, 0.2) is 34.3 Å². The van der Waals surface area contributed by atoms with Crippen molar-refractivity contribution in [2.45, 2.75) is 6.42 Å². The molecule has 0 atom stereocenters. The molecule has 0 spiro atoms. The summed E-state index contributed by atoms with van der Waals surface area (Å²) < 4.78 is 13.5. The predicted octanol–water partition coefficient (Wildman–Crippen LogP) is 3.88. The number of benzene rings is 1. The van der Waals surface area contributed by atoms with E-state index in [4.69, 9.17) is 11.6 Å². The van der Waals surface area contributed by atoms with E-state index in [1.165, 1.54) is 12.1 Å². The molecule has 0 radical (unpaired) electrons. The van der Waals surface area contributed by atoms with Gasteiger partial charge in [0.2, 0.25) is 0 Å². The summed E-state index contributed by atoms with van der Waals surface area (Å²) in [6, 6.07) is 4.66. The molecule has 0 N–H and O–H groups in total. The number of halogens is 3. The second-order valence-electron chi connectivity index (χ2n) is 2.47. The van der Waals surface area contributed by atoms with Crippen molar-refractivity contribution < 1.29 is 4.39 Å². The van der Waals surface area contributed by atoms with E-state index in [9.17, 15) is 4.39 Å². The molecule has 1 aromatic rings. The van der Waals surface area contributed by atoms with Crippen LogP contribution in [-0.2, 0) is 6.42 Å². The maximum atomic E-state index is 12.8. The third kappa shape index (κ3) is 2.95. The highest BCUT2D eigenvalue weighted by atomic mass is 79.9. The highest BCUT2D eigenvalue weighted by Gasteiger charge is 1.99. The lowest BCUT2D eigenvalue weighted by molar-refractivity contribution is 0.625. The molecule has 1 aromatic carbocycles. The van der Waals surface area contributed by atoms with Crippen molar-refractivity contribution in [1.82, 2.24) is 0 Å². The first-order valence-electron chi connectivity index (χ1n) is 3.36. The van der Waals surface area contributed by atoms with Crippen LogP contribution in [-0.4, -0.2) is 0 Å². The van der Waals surface area contributed by atoms with Gasteiger partial charge in [-0.15, -0.1) is 0 Å². The van der Waals surface area contributed by atoms with Gasteiger partial charge in [0.15, 0.2) is 0 Å². The lowest BCUT2D eigenvalue weighted by Gasteiger charge is -2.00. The van der Waals surface area contributed by atoms with Gasteiger partial charge in [-0.25, -0.2) is 4.39 Å². The van der Waals surface area contributed by atoms with Crippen LogP contribution in [0.1, 0.15) is 5.56 Å². The Morgan fingerprint density at radius 1 is 1.50 bits per heavy atom. The third-order valence-corrected chi connectivity index (χ3v) is 1.91. The Bertz CT molecular complexity index is 289. The molecule has 0 aliphatic heterocycles. The van der Waals surface area contributed by atoms with Crippen molar-refractivity contribution in [1.29, 1.82) is 0 Å². The molecule has 3 heteroatoms. The van der Waals surface area contributed by atoms with E-state index in [0.29, 0.717) is 11.5 Å². The van der Waals surface area contributed by atoms with Crippen LogP contribution in [0.25, 0.3) is 0 Å². The number of allylic oxidation sites excluding steroid dienone is 1. The smallest absolute Gasteiger partial charge is 0.124 e. The van der Waals surface area contributed by atoms with Crippen molar-refractivity contribution in [2.24, 2.45) is 0 Å². The number of hydrogen-bond donors (Lipinski definition) is 0. The zero-order valence-corrected chi connectivity index (χ0v) is 8.62. The summed E-state index contributed by atoms with van der Waals surface area (Å²) in [5.74, 6) is -0.266. The normalized spacial score (nSPS) is 9.92. The van der Waals surface area contributed by atoms with Crippen molar-refractivity contribution in [2.75, 3.05) is 0 Å². The summed E-state index contributed by atoms with van der Waals surface area (Å²) in [6.07, 6.45) is 0.498. The molecule has 0 bridgehead atoms. The molecule has 0 aromatic heterocycles. The maximum absolute atomic E-state index is 12.8. The Morgan fingerprint density at radius 2 is 2.17 bits per heavy atom. The minimum atomic E-state index is -0.266. The fraction of sp³-hybridized carbons (Fsp3) is 0.111. The van der Waals surface area contributed by atoms with Gasteiger partial charge in [-0.3, -0.25) is 0 Å². The van der Waals surface area contributed by atoms with E-state index in [1.807, 2.05) is 6.07 Å². The van der Waals surface area contributed by atoms with E-state index < -0.39 is 0 Å². The quantitative estimate of drug-likeness (QED) is 0.746. The van der Waals surface area contributed by atoms with E-state index >= 15 is 0 Å². The van der Waals surface area contributed by atoms with Crippen molar-refractivity contribution in [3.63, 3.8) is 0 Å². The monoisotopic (exact) mass is 248 g/mol. The molecule has 0 nitrogen and oxygen atoms in total. The van der Waals surface area contributed by atoms with Crippen LogP contribution < -0.4 is 0 Å². The van der Waals surface area contributed by atoms with Crippen LogP contribution in [0, 0.1) is 5.82 Å². The van der Waals surface area contributed by atoms with Crippen LogP contribution in [0.3, 0.4) is 0 Å². The van der Waals surface area contributed by atoms with Crippen molar-refractivity contribution >= 4 is 27.5 Å². The zero-order chi connectivity index (χ0) is 9.14. The van der Waals surface area contributed by atoms with Crippen LogP contribution in [0.4, 0.5) is 4.39 Å². The average Bonchev–Trinajstić information content (AvgIpc) is 1.81. The minimum absolute atomic E-state index is 0.266. The van der Waals surface area contributed by atoms with Gasteiger partial charge < -0.3 is 0 Å². The zero-order valence-electron chi connectivity index (χ0n) is 6.28. The van der Waals surface area contributed by atoms with E-state index in [-0.39, 0.29) is 5.82 Å². The first-order valence-corrected chi connectivity index (χ1v) is 4.53. The molecule has 0 saturated heterocycles. The standard InChI is InChI=1S/C9H7BrClF/c1-6(11)2-7-3-8(10)5-9(12)4-7/h3-5H,1-2H2. The molecule has 0 unspecified atom stereocenters. The highest BCUT2D eigenvalue weighted by molar-refractivity contribution is 9.10. The largest absolute Gasteiger partial charge is 0.207 e. The molecule has 64 valence electrons. The Hall–Kier alpha value is -0.340. The van der Waals surface area contributed by atoms with Gasteiger partial charge in [0.25, 0.3) is 0 Å². The molecule has 1 rings (SSSR count). The molecule has 0 saturated carbocycles. The van der Waals surface area contributed by atoms with Gasteiger partial charge in [0.1, 0.15) is 5.82 Å². The second kappa shape index (κ2) is 4.06. The summed E-state index contributed by atoms with van der Waals surface area (Å²) in [5.41, 5.74) is 0.821. The van der Waals surface area contributed by atoms with Crippen LogP contribution in [0.5, 0.6) is 0 Å². The topological polar surface area (TPSA) is 0 Å². The lowest BCUT2D eigenvalue weighted by Crippen LogP contribution is -1.86. The van der Waals surface area contributed by atoms with Gasteiger partial charge in [-0.05, 0) is 23.8 Å². The molecular formula is C9H7BrClF. The summed E-state index contributed by atoms with van der Waals surface area (Å²) in [7, 11) is 0. The van der Waals surface area contributed by atoms with Crippen LogP contribution in [0.2, 0.25) is 0 Å². The van der Waals surface area contributed by atoms with E-state index in [1.54, 1.807) is 0 Å². The van der Waals surface area contributed by atoms with Gasteiger partial charge >= 0.3 is 0 Å². The van der Waals surface area contributed by atoms with E-state index in [0.717, 1.165) is 10.0 Å². The summed E-state index contributed by atoms with van der Waals surface area (Å²) >= 11 is 8.77. The third-order valence-electron chi connectivity index (χ3n) is 1.32. The second-order valence-corrected chi connectivity index (χ2v) is 3.92. The first kappa shape index (κ1) is 9.75. The van der Waals surface area contributed by atoms with Crippen molar-refractivity contribution in [3.8, 4) is 0 Å². The number of rotatable bonds is 2. The predicted molar refractivity (Wildman–Crippen MR) is 52.8 cm³/mol. The van der Waals surface area contributed by atoms with Gasteiger partial charge in [0.05, 0.1) is 0 Å². The molecule has 0 aliphatic rings. The Balaban J connectivity index is 2.93. The molecule has 0 heterocycles. The van der Waals surface area contributed by atoms with Gasteiger partial charge in [-0.2, -0.15) is 0 Å². The lowest BCUT2D eigenvalue weighted by atomic mass is 10.1. The van der Waals surface area contributed by atoms with Crippen molar-refractivity contribution in [3.05, 3.63) is 45.7 Å². The Kier molecular flexibility index (Phi) is 3.29. The first-order chi connectivity index (χ1) is 5.58. The molecule has 0 aliphatic carbocycles. The molecular weight excluding hydrogens is 242 g/mol. The van der Waals surface area contributed by atoms with Gasteiger partial charge in [-0.1, -0.05) is 34.1 Å². The molecule has 0 fully saturated rings. The summed E-state index contributed by atoms with van der Waals surface area (Å²) in [5, 5.41) is 0.507. The van der Waals surface area contributed by atoms with E-state index in [2.05, 4.69) is 22.5 Å². The summed E-state index contributed by atoms with van der Waals surface area (Å²) in [6.45, 7) is 3.54. The summed E-state index contributed by atoms with van der Waals surface area (Å²) in [4.78, 5) is 0. The SMILES string of the molecule is C=C(Cl)Cc1cc(F)cc(Br)c1. The Labute approximate surface area is 84.2 Å². The average molecular weight is 250 g/mol. The minimum Gasteiger partial charge on any atom is -0.207 e. The highest BCUT2D eigenvalue weighted by Crippen LogP contribution is 2.17. The van der Waals surface area contributed by atoms with Crippen LogP contribution >= 0.6 is 27.5 Å². The Morgan fingerprint density at radius 3 is 2.67 bits per heavy atom. The molecule has 12 heavy (non-hydrogen) atoms. The van der Waals surface area contributed by atoms with Gasteiger partial charge in [0, 0.05) is 15.9 Å². The number of hydrogen-bond acceptors (Lipinski definition) is 0.